The van der Waals surface area contributed by atoms with Gasteiger partial charge in [-0.15, -0.1) is 0 Å². The van der Waals surface area contributed by atoms with Crippen LogP contribution >= 0.6 is 23.8 Å². The lowest BCUT2D eigenvalue weighted by atomic mass is 10.2. The molecule has 0 unspecified atom stereocenters. The number of amides is 2. The number of benzene rings is 1. The molecule has 0 saturated heterocycles. The summed E-state index contributed by atoms with van der Waals surface area (Å²) in [5, 5.41) is 12.5. The number of urea groups is 1. The summed E-state index contributed by atoms with van der Waals surface area (Å²) >= 11 is 10.9. The number of nitro groups is 1. The summed E-state index contributed by atoms with van der Waals surface area (Å²) in [5.41, 5.74) is 5.81. The third-order valence-electron chi connectivity index (χ3n) is 2.96. The van der Waals surface area contributed by atoms with Crippen LogP contribution in [0.3, 0.4) is 0 Å². The number of hydrogen-bond donors (Lipinski definition) is 1. The molecule has 23 heavy (non-hydrogen) atoms. The zero-order valence-electron chi connectivity index (χ0n) is 11.8. The molecular formula is C13H10ClN5O3S. The van der Waals surface area contributed by atoms with Crippen molar-refractivity contribution in [1.82, 2.24) is 9.97 Å². The second-order valence-corrected chi connectivity index (χ2v) is 4.96. The van der Waals surface area contributed by atoms with E-state index in [-0.39, 0.29) is 22.5 Å². The molecule has 1 aromatic carbocycles. The molecule has 0 fully saturated rings. The summed E-state index contributed by atoms with van der Waals surface area (Å²) < 4.78 is 0. The molecule has 0 radical (unpaired) electrons. The van der Waals surface area contributed by atoms with E-state index in [0.717, 1.165) is 4.90 Å². The van der Waals surface area contributed by atoms with Gasteiger partial charge >= 0.3 is 6.03 Å². The predicted octanol–water partition coefficient (Wildman–Crippen LogP) is 2.91. The molecule has 10 heteroatoms. The monoisotopic (exact) mass is 351 g/mol. The number of thiocarbonyl (C=S) groups is 1. The Balaban J connectivity index is 2.71. The van der Waals surface area contributed by atoms with Crippen LogP contribution < -0.4 is 10.6 Å². The second kappa shape index (κ2) is 6.63. The van der Waals surface area contributed by atoms with E-state index in [9.17, 15) is 14.9 Å². The minimum Gasteiger partial charge on any atom is -0.351 e. The van der Waals surface area contributed by atoms with Gasteiger partial charge in [0, 0.05) is 17.0 Å². The van der Waals surface area contributed by atoms with Gasteiger partial charge in [-0.25, -0.2) is 14.7 Å². The lowest BCUT2D eigenvalue weighted by Crippen LogP contribution is -2.33. The predicted molar refractivity (Wildman–Crippen MR) is 89.4 cm³/mol. The normalized spacial score (nSPS) is 10.2. The van der Waals surface area contributed by atoms with Crippen molar-refractivity contribution in [3.63, 3.8) is 0 Å². The number of nitrogens with two attached hydrogens (primary N) is 1. The standard InChI is InChI=1S/C13H10ClN5O3S/c1-7-8(6-23)16-13(17-11(7)14)18(12(15)20)9-4-2-3-5-10(9)19(21)22/h2-6H,1H3,(H2,15,20). The van der Waals surface area contributed by atoms with E-state index in [2.05, 4.69) is 9.97 Å². The number of carbonyl (C=O) groups is 1. The van der Waals surface area contributed by atoms with Gasteiger partial charge in [-0.1, -0.05) is 36.0 Å². The highest BCUT2D eigenvalue weighted by Gasteiger charge is 2.27. The number of para-hydroxylation sites is 2. The Labute approximate surface area is 141 Å². The van der Waals surface area contributed by atoms with Crippen LogP contribution in [-0.4, -0.2) is 26.3 Å². The molecule has 1 aromatic heterocycles. The van der Waals surface area contributed by atoms with E-state index in [1.165, 1.54) is 29.6 Å². The molecule has 0 bridgehead atoms. The molecule has 0 aliphatic heterocycles. The minimum absolute atomic E-state index is 0.0657. The van der Waals surface area contributed by atoms with Gasteiger partial charge in [-0.3, -0.25) is 10.1 Å². The van der Waals surface area contributed by atoms with Crippen LogP contribution in [0.25, 0.3) is 0 Å². The first-order chi connectivity index (χ1) is 10.9. The highest BCUT2D eigenvalue weighted by molar-refractivity contribution is 7.79. The molecule has 0 aliphatic rings. The van der Waals surface area contributed by atoms with Crippen molar-refractivity contribution in [3.05, 3.63) is 50.8 Å². The lowest BCUT2D eigenvalue weighted by molar-refractivity contribution is -0.384. The SMILES string of the molecule is Cc1c(Cl)nc(N(C(N)=O)c2ccccc2[N+](=O)[O-])nc1C=S. The number of halogens is 1. The Bertz CT molecular complexity index is 814. The number of aromatic nitrogens is 2. The molecule has 2 rings (SSSR count). The van der Waals surface area contributed by atoms with Crippen LogP contribution in [-0.2, 0) is 0 Å². The van der Waals surface area contributed by atoms with E-state index in [0.29, 0.717) is 11.3 Å². The van der Waals surface area contributed by atoms with Crippen LogP contribution in [0.2, 0.25) is 5.15 Å². The van der Waals surface area contributed by atoms with Crippen molar-refractivity contribution in [1.29, 1.82) is 0 Å². The fraction of sp³-hybridized carbons (Fsp3) is 0.0769. The zero-order chi connectivity index (χ0) is 17.1. The number of hydrogen-bond acceptors (Lipinski definition) is 6. The summed E-state index contributed by atoms with van der Waals surface area (Å²) in [4.78, 5) is 31.2. The average molecular weight is 352 g/mol. The first-order valence-electron chi connectivity index (χ1n) is 6.19. The van der Waals surface area contributed by atoms with Crippen molar-refractivity contribution in [2.45, 2.75) is 6.92 Å². The Morgan fingerprint density at radius 1 is 1.43 bits per heavy atom. The molecule has 0 aliphatic carbocycles. The van der Waals surface area contributed by atoms with Gasteiger partial charge in [0.25, 0.3) is 5.69 Å². The number of anilines is 2. The quantitative estimate of drug-likeness (QED) is 0.392. The van der Waals surface area contributed by atoms with Gasteiger partial charge in [0.05, 0.1) is 10.6 Å². The maximum absolute atomic E-state index is 11.8. The summed E-state index contributed by atoms with van der Waals surface area (Å²) in [6.45, 7) is 1.66. The van der Waals surface area contributed by atoms with Crippen LogP contribution in [0, 0.1) is 17.0 Å². The maximum atomic E-state index is 11.8. The van der Waals surface area contributed by atoms with Crippen molar-refractivity contribution >= 4 is 52.5 Å². The van der Waals surface area contributed by atoms with E-state index >= 15 is 0 Å². The third kappa shape index (κ3) is 3.25. The van der Waals surface area contributed by atoms with Gasteiger partial charge in [-0.2, -0.15) is 4.98 Å². The third-order valence-corrected chi connectivity index (χ3v) is 3.55. The molecule has 2 aromatic rings. The highest BCUT2D eigenvalue weighted by Crippen LogP contribution is 2.32. The van der Waals surface area contributed by atoms with Crippen molar-refractivity contribution in [2.75, 3.05) is 4.90 Å². The van der Waals surface area contributed by atoms with Crippen molar-refractivity contribution < 1.29 is 9.72 Å². The van der Waals surface area contributed by atoms with Crippen LogP contribution in [0.15, 0.2) is 24.3 Å². The average Bonchev–Trinajstić information content (AvgIpc) is 2.50. The van der Waals surface area contributed by atoms with E-state index < -0.39 is 11.0 Å². The zero-order valence-corrected chi connectivity index (χ0v) is 13.3. The largest absolute Gasteiger partial charge is 0.351 e. The molecule has 0 atom stereocenters. The summed E-state index contributed by atoms with van der Waals surface area (Å²) in [7, 11) is 0. The summed E-state index contributed by atoms with van der Waals surface area (Å²) in [6.07, 6.45) is 0. The molecule has 118 valence electrons. The number of rotatable bonds is 4. The van der Waals surface area contributed by atoms with Crippen molar-refractivity contribution in [3.8, 4) is 0 Å². The van der Waals surface area contributed by atoms with Gasteiger partial charge in [0.15, 0.2) is 0 Å². The summed E-state index contributed by atoms with van der Waals surface area (Å²) in [6, 6.07) is 4.59. The van der Waals surface area contributed by atoms with Gasteiger partial charge in [0.1, 0.15) is 10.8 Å². The topological polar surface area (TPSA) is 115 Å². The maximum Gasteiger partial charge on any atom is 0.326 e. The highest BCUT2D eigenvalue weighted by atomic mass is 35.5. The van der Waals surface area contributed by atoms with Crippen LogP contribution in [0.1, 0.15) is 11.3 Å². The van der Waals surface area contributed by atoms with E-state index in [4.69, 9.17) is 29.6 Å². The number of nitrogens with zero attached hydrogens (tertiary/aromatic N) is 4. The molecule has 0 spiro atoms. The Morgan fingerprint density at radius 3 is 2.65 bits per heavy atom. The Morgan fingerprint density at radius 2 is 2.09 bits per heavy atom. The minimum atomic E-state index is -0.991. The molecule has 0 saturated carbocycles. The Hall–Kier alpha value is -2.65. The van der Waals surface area contributed by atoms with E-state index in [1.54, 1.807) is 6.92 Å². The van der Waals surface area contributed by atoms with E-state index in [1.807, 2.05) is 0 Å². The second-order valence-electron chi connectivity index (χ2n) is 4.36. The first kappa shape index (κ1) is 16.7. The van der Waals surface area contributed by atoms with Crippen molar-refractivity contribution in [2.24, 2.45) is 5.73 Å². The number of carbonyl (C=O) groups excluding carboxylic acids is 1. The lowest BCUT2D eigenvalue weighted by Gasteiger charge is -2.19. The number of nitro benzene ring substituents is 1. The molecule has 2 amide bonds. The van der Waals surface area contributed by atoms with Crippen LogP contribution in [0.5, 0.6) is 0 Å². The molecule has 8 nitrogen and oxygen atoms in total. The van der Waals surface area contributed by atoms with Gasteiger partial charge < -0.3 is 5.73 Å². The first-order valence-corrected chi connectivity index (χ1v) is 7.04. The van der Waals surface area contributed by atoms with Gasteiger partial charge in [-0.05, 0) is 13.0 Å². The molecule has 1 heterocycles. The van der Waals surface area contributed by atoms with Gasteiger partial charge in [0.2, 0.25) is 5.95 Å². The van der Waals surface area contributed by atoms with Crippen LogP contribution in [0.4, 0.5) is 22.1 Å². The fourth-order valence-electron chi connectivity index (χ4n) is 1.84. The smallest absolute Gasteiger partial charge is 0.326 e. The Kier molecular flexibility index (Phi) is 4.82. The molecule has 2 N–H and O–H groups in total. The molecular weight excluding hydrogens is 342 g/mol. The summed E-state index contributed by atoms with van der Waals surface area (Å²) in [5.74, 6) is -0.196. The fourth-order valence-corrected chi connectivity index (χ4v) is 2.24. The number of primary amides is 1.